The summed E-state index contributed by atoms with van der Waals surface area (Å²) in [6, 6.07) is 9.80. The first kappa shape index (κ1) is 24.7. The number of nitrogens with zero attached hydrogens (tertiary/aromatic N) is 1. The zero-order valence-corrected chi connectivity index (χ0v) is 19.9. The van der Waals surface area contributed by atoms with Gasteiger partial charge in [0.2, 0.25) is 0 Å². The summed E-state index contributed by atoms with van der Waals surface area (Å²) in [7, 11) is -4.46. The number of rotatable bonds is 7. The molecule has 1 aliphatic rings. The topological polar surface area (TPSA) is 90.0 Å². The number of esters is 1. The van der Waals surface area contributed by atoms with Gasteiger partial charge in [0.05, 0.1) is 10.8 Å². The van der Waals surface area contributed by atoms with Crippen molar-refractivity contribution in [2.24, 2.45) is 5.92 Å². The molecule has 7 nitrogen and oxygen atoms in total. The number of carbonyl (C=O) groups excluding carboxylic acids is 2. The Bertz CT molecular complexity index is 1120. The molecule has 1 fully saturated rings. The molecule has 0 unspecified atom stereocenters. The third-order valence-corrected chi connectivity index (χ3v) is 6.75. The predicted octanol–water partition coefficient (Wildman–Crippen LogP) is 4.75. The standard InChI is InChI=1S/C24H28FNO6S/c1-16-8-12-20(13-9-16)33(29,30)26(23(28)32-24(2,3)4)21(15-31-22(27)17-10-11-17)18-6-5-7-19(25)14-18/h5-9,12-14,17,21H,10-11,15H2,1-4H3/t21-/m0/s1. The molecule has 9 heteroatoms. The minimum absolute atomic E-state index is 0.145. The Balaban J connectivity index is 2.09. The summed E-state index contributed by atoms with van der Waals surface area (Å²) in [5.41, 5.74) is -0.0204. The van der Waals surface area contributed by atoms with Gasteiger partial charge < -0.3 is 9.47 Å². The molecule has 178 valence electrons. The summed E-state index contributed by atoms with van der Waals surface area (Å²) in [5.74, 6) is -1.34. The molecule has 0 bridgehead atoms. The smallest absolute Gasteiger partial charge is 0.425 e. The Morgan fingerprint density at radius 2 is 1.76 bits per heavy atom. The first-order valence-electron chi connectivity index (χ1n) is 10.6. The normalized spacial score (nSPS) is 14.9. The Kier molecular flexibility index (Phi) is 7.11. The average molecular weight is 478 g/mol. The van der Waals surface area contributed by atoms with Crippen molar-refractivity contribution in [2.75, 3.05) is 6.61 Å². The van der Waals surface area contributed by atoms with E-state index in [1.807, 2.05) is 0 Å². The molecule has 1 amide bonds. The first-order chi connectivity index (χ1) is 15.4. The van der Waals surface area contributed by atoms with Gasteiger partial charge in [0.1, 0.15) is 24.1 Å². The fourth-order valence-electron chi connectivity index (χ4n) is 3.13. The minimum Gasteiger partial charge on any atom is -0.463 e. The maximum absolute atomic E-state index is 14.1. The molecule has 1 aliphatic carbocycles. The highest BCUT2D eigenvalue weighted by Crippen LogP contribution is 2.33. The second-order valence-corrected chi connectivity index (χ2v) is 10.9. The SMILES string of the molecule is Cc1ccc(S(=O)(=O)N(C(=O)OC(C)(C)C)[C@@H](COC(=O)C2CC2)c2cccc(F)c2)cc1. The third kappa shape index (κ3) is 6.31. The van der Waals surface area contributed by atoms with Gasteiger partial charge in [-0.15, -0.1) is 0 Å². The molecular weight excluding hydrogens is 449 g/mol. The van der Waals surface area contributed by atoms with Gasteiger partial charge in [0.15, 0.2) is 0 Å². The van der Waals surface area contributed by atoms with Crippen LogP contribution in [0.2, 0.25) is 0 Å². The van der Waals surface area contributed by atoms with Crippen molar-refractivity contribution < 1.29 is 31.9 Å². The van der Waals surface area contributed by atoms with Crippen LogP contribution in [0.25, 0.3) is 0 Å². The first-order valence-corrected chi connectivity index (χ1v) is 12.1. The fourth-order valence-corrected chi connectivity index (χ4v) is 4.59. The lowest BCUT2D eigenvalue weighted by atomic mass is 10.1. The lowest BCUT2D eigenvalue weighted by Crippen LogP contribution is -2.44. The van der Waals surface area contributed by atoms with Crippen LogP contribution in [0.4, 0.5) is 9.18 Å². The van der Waals surface area contributed by atoms with Crippen molar-refractivity contribution in [3.8, 4) is 0 Å². The number of ether oxygens (including phenoxy) is 2. The van der Waals surface area contributed by atoms with Crippen LogP contribution < -0.4 is 0 Å². The van der Waals surface area contributed by atoms with Gasteiger partial charge in [-0.05, 0) is 70.4 Å². The number of sulfonamides is 1. The van der Waals surface area contributed by atoms with Crippen molar-refractivity contribution >= 4 is 22.1 Å². The molecule has 0 aliphatic heterocycles. The van der Waals surface area contributed by atoms with Crippen molar-refractivity contribution in [1.82, 2.24) is 4.31 Å². The van der Waals surface area contributed by atoms with Crippen LogP contribution in [0.5, 0.6) is 0 Å². The van der Waals surface area contributed by atoms with Gasteiger partial charge in [-0.1, -0.05) is 29.8 Å². The number of aryl methyl sites for hydroxylation is 1. The van der Waals surface area contributed by atoms with E-state index >= 15 is 0 Å². The zero-order valence-electron chi connectivity index (χ0n) is 19.1. The van der Waals surface area contributed by atoms with Crippen LogP contribution in [0, 0.1) is 18.7 Å². The van der Waals surface area contributed by atoms with Gasteiger partial charge in [-0.3, -0.25) is 4.79 Å². The molecule has 0 aromatic heterocycles. The van der Waals surface area contributed by atoms with Crippen molar-refractivity contribution in [2.45, 2.75) is 57.1 Å². The second-order valence-electron chi connectivity index (χ2n) is 9.07. The molecule has 1 saturated carbocycles. The Morgan fingerprint density at radius 3 is 2.30 bits per heavy atom. The average Bonchev–Trinajstić information content (AvgIpc) is 3.55. The molecule has 0 N–H and O–H groups in total. The molecule has 0 saturated heterocycles. The van der Waals surface area contributed by atoms with E-state index in [1.54, 1.807) is 39.8 Å². The van der Waals surface area contributed by atoms with Gasteiger partial charge in [-0.25, -0.2) is 17.6 Å². The highest BCUT2D eigenvalue weighted by atomic mass is 32.2. The molecule has 3 rings (SSSR count). The number of benzene rings is 2. The monoisotopic (exact) mass is 477 g/mol. The van der Waals surface area contributed by atoms with Crippen LogP contribution >= 0.6 is 0 Å². The lowest BCUT2D eigenvalue weighted by Gasteiger charge is -2.32. The third-order valence-electron chi connectivity index (χ3n) is 4.96. The minimum atomic E-state index is -4.46. The van der Waals surface area contributed by atoms with Crippen LogP contribution in [0.15, 0.2) is 53.4 Å². The predicted molar refractivity (Wildman–Crippen MR) is 119 cm³/mol. The molecule has 33 heavy (non-hydrogen) atoms. The summed E-state index contributed by atoms with van der Waals surface area (Å²) in [6.45, 7) is 6.14. The van der Waals surface area contributed by atoms with Gasteiger partial charge in [0, 0.05) is 0 Å². The quantitative estimate of drug-likeness (QED) is 0.535. The lowest BCUT2D eigenvalue weighted by molar-refractivity contribution is -0.146. The highest BCUT2D eigenvalue weighted by molar-refractivity contribution is 7.89. The van der Waals surface area contributed by atoms with E-state index in [0.717, 1.165) is 11.6 Å². The molecule has 2 aromatic carbocycles. The Hall–Kier alpha value is -2.94. The van der Waals surface area contributed by atoms with Crippen LogP contribution in [0.3, 0.4) is 0 Å². The van der Waals surface area contributed by atoms with Gasteiger partial charge >= 0.3 is 12.1 Å². The van der Waals surface area contributed by atoms with E-state index in [1.165, 1.54) is 30.3 Å². The molecule has 1 atom stereocenters. The Labute approximate surface area is 193 Å². The molecule has 2 aromatic rings. The van der Waals surface area contributed by atoms with E-state index in [-0.39, 0.29) is 16.4 Å². The highest BCUT2D eigenvalue weighted by Gasteiger charge is 2.41. The van der Waals surface area contributed by atoms with Crippen molar-refractivity contribution in [1.29, 1.82) is 0 Å². The number of carbonyl (C=O) groups is 2. The van der Waals surface area contributed by atoms with Crippen molar-refractivity contribution in [3.05, 3.63) is 65.5 Å². The van der Waals surface area contributed by atoms with Gasteiger partial charge in [0.25, 0.3) is 10.0 Å². The fraction of sp³-hybridized carbons (Fsp3) is 0.417. The summed E-state index contributed by atoms with van der Waals surface area (Å²) < 4.78 is 52.7. The maximum Gasteiger partial charge on any atom is 0.425 e. The number of amides is 1. The number of halogens is 1. The maximum atomic E-state index is 14.1. The number of hydrogen-bond donors (Lipinski definition) is 0. The second kappa shape index (κ2) is 9.51. The van der Waals surface area contributed by atoms with Crippen LogP contribution in [0.1, 0.15) is 50.8 Å². The van der Waals surface area contributed by atoms with E-state index in [2.05, 4.69) is 0 Å². The summed E-state index contributed by atoms with van der Waals surface area (Å²) in [4.78, 5) is 25.3. The molecule has 0 radical (unpaired) electrons. The van der Waals surface area contributed by atoms with Crippen LogP contribution in [-0.2, 0) is 24.3 Å². The molecule has 0 spiro atoms. The summed E-state index contributed by atoms with van der Waals surface area (Å²) in [5, 5.41) is 0. The van der Waals surface area contributed by atoms with Crippen LogP contribution in [-0.4, -0.2) is 37.0 Å². The van der Waals surface area contributed by atoms with E-state index in [0.29, 0.717) is 17.1 Å². The number of hydrogen-bond acceptors (Lipinski definition) is 6. The van der Waals surface area contributed by atoms with Gasteiger partial charge in [-0.2, -0.15) is 4.31 Å². The largest absolute Gasteiger partial charge is 0.463 e. The van der Waals surface area contributed by atoms with E-state index in [4.69, 9.17) is 9.47 Å². The summed E-state index contributed by atoms with van der Waals surface area (Å²) in [6.07, 6.45) is 0.238. The zero-order chi connectivity index (χ0) is 24.4. The molecular formula is C24H28FNO6S. The van der Waals surface area contributed by atoms with E-state index in [9.17, 15) is 22.4 Å². The van der Waals surface area contributed by atoms with E-state index < -0.39 is 46.2 Å². The summed E-state index contributed by atoms with van der Waals surface area (Å²) >= 11 is 0. The Morgan fingerprint density at radius 1 is 1.12 bits per heavy atom. The molecule has 0 heterocycles. The van der Waals surface area contributed by atoms with Crippen molar-refractivity contribution in [3.63, 3.8) is 0 Å².